The third-order valence-corrected chi connectivity index (χ3v) is 7.02. The molecule has 41 heavy (non-hydrogen) atoms. The van der Waals surface area contributed by atoms with Crippen LogP contribution in [0.3, 0.4) is 0 Å². The summed E-state index contributed by atoms with van der Waals surface area (Å²) in [5, 5.41) is 6.22. The summed E-state index contributed by atoms with van der Waals surface area (Å²) in [5.74, 6) is 0.567. The molecule has 0 radical (unpaired) electrons. The SMILES string of the molecule is NCCCCCC(=O)CCc1cccc(NC(=O)N2CCCCNc3ccc(-c4cccc(C(F)(F)F)c4)nc32)c1. The maximum Gasteiger partial charge on any atom is 0.416 e. The number of fused-ring (bicyclic) bond motifs is 1. The molecule has 4 N–H and O–H groups in total. The molecule has 0 spiro atoms. The highest BCUT2D eigenvalue weighted by Crippen LogP contribution is 2.34. The second kappa shape index (κ2) is 14.1. The van der Waals surface area contributed by atoms with E-state index in [4.69, 9.17) is 5.73 Å². The van der Waals surface area contributed by atoms with E-state index < -0.39 is 17.8 Å². The van der Waals surface area contributed by atoms with Crippen LogP contribution in [0.2, 0.25) is 0 Å². The number of carbonyl (C=O) groups is 2. The first kappa shape index (κ1) is 30.0. The number of amides is 2. The molecule has 218 valence electrons. The number of carbonyl (C=O) groups excluding carboxylic acids is 2. The molecule has 0 aliphatic carbocycles. The van der Waals surface area contributed by atoms with E-state index in [9.17, 15) is 22.8 Å². The molecule has 0 atom stereocenters. The molecule has 2 amide bonds. The van der Waals surface area contributed by atoms with Gasteiger partial charge in [0.1, 0.15) is 5.78 Å². The molecule has 7 nitrogen and oxygen atoms in total. The Balaban J connectivity index is 1.49. The zero-order chi connectivity index (χ0) is 29.2. The van der Waals surface area contributed by atoms with Crippen LogP contribution in [-0.4, -0.2) is 36.4 Å². The minimum Gasteiger partial charge on any atom is -0.382 e. The first-order valence-corrected chi connectivity index (χ1v) is 14.1. The van der Waals surface area contributed by atoms with E-state index >= 15 is 0 Å². The van der Waals surface area contributed by atoms with Gasteiger partial charge in [0.25, 0.3) is 0 Å². The van der Waals surface area contributed by atoms with Crippen molar-refractivity contribution >= 4 is 29.0 Å². The second-order valence-corrected chi connectivity index (χ2v) is 10.2. The summed E-state index contributed by atoms with van der Waals surface area (Å²) in [6.45, 7) is 1.73. The quantitative estimate of drug-likeness (QED) is 0.228. The average Bonchev–Trinajstić information content (AvgIpc) is 2.94. The molecule has 1 aliphatic rings. The highest BCUT2D eigenvalue weighted by molar-refractivity contribution is 6.03. The molecule has 0 saturated heterocycles. The van der Waals surface area contributed by atoms with E-state index in [2.05, 4.69) is 15.6 Å². The predicted molar refractivity (Wildman–Crippen MR) is 156 cm³/mol. The summed E-state index contributed by atoms with van der Waals surface area (Å²) in [4.78, 5) is 31.9. The van der Waals surface area contributed by atoms with E-state index in [0.717, 1.165) is 49.8 Å². The molecule has 4 rings (SSSR count). The van der Waals surface area contributed by atoms with Crippen molar-refractivity contribution in [3.8, 4) is 11.3 Å². The van der Waals surface area contributed by atoms with Gasteiger partial charge in [0, 0.05) is 37.2 Å². The third-order valence-electron chi connectivity index (χ3n) is 7.02. The highest BCUT2D eigenvalue weighted by atomic mass is 19.4. The van der Waals surface area contributed by atoms with Crippen molar-refractivity contribution in [1.82, 2.24) is 4.98 Å². The molecule has 1 aromatic heterocycles. The van der Waals surface area contributed by atoms with E-state index in [0.29, 0.717) is 67.3 Å². The predicted octanol–water partition coefficient (Wildman–Crippen LogP) is 7.03. The Bertz CT molecular complexity index is 1350. The molecule has 0 saturated carbocycles. The fourth-order valence-corrected chi connectivity index (χ4v) is 4.78. The van der Waals surface area contributed by atoms with Crippen molar-refractivity contribution in [1.29, 1.82) is 0 Å². The number of ketones is 1. The van der Waals surface area contributed by atoms with Gasteiger partial charge < -0.3 is 16.4 Å². The zero-order valence-corrected chi connectivity index (χ0v) is 23.0. The molecule has 3 aromatic rings. The topological polar surface area (TPSA) is 100 Å². The van der Waals surface area contributed by atoms with E-state index in [-0.39, 0.29) is 5.78 Å². The van der Waals surface area contributed by atoms with Gasteiger partial charge in [0.2, 0.25) is 0 Å². The van der Waals surface area contributed by atoms with Crippen molar-refractivity contribution in [2.24, 2.45) is 5.73 Å². The minimum absolute atomic E-state index is 0.212. The fourth-order valence-electron chi connectivity index (χ4n) is 4.78. The van der Waals surface area contributed by atoms with Gasteiger partial charge >= 0.3 is 12.2 Å². The van der Waals surface area contributed by atoms with Gasteiger partial charge in [-0.15, -0.1) is 0 Å². The van der Waals surface area contributed by atoms with Crippen LogP contribution in [-0.2, 0) is 17.4 Å². The number of alkyl halides is 3. The number of rotatable bonds is 10. The lowest BCUT2D eigenvalue weighted by Crippen LogP contribution is -2.38. The van der Waals surface area contributed by atoms with Crippen LogP contribution in [0.5, 0.6) is 0 Å². The first-order valence-electron chi connectivity index (χ1n) is 14.1. The number of halogens is 3. The molecular formula is C31H36F3N5O2. The lowest BCUT2D eigenvalue weighted by Gasteiger charge is -2.27. The number of anilines is 3. The molecule has 0 unspecified atom stereocenters. The first-order chi connectivity index (χ1) is 19.7. The maximum absolute atomic E-state index is 13.5. The number of aryl methyl sites for hydroxylation is 1. The van der Waals surface area contributed by atoms with E-state index in [1.54, 1.807) is 24.3 Å². The monoisotopic (exact) mass is 567 g/mol. The number of benzene rings is 2. The summed E-state index contributed by atoms with van der Waals surface area (Å²) < 4.78 is 39.9. The Kier molecular flexibility index (Phi) is 10.3. The van der Waals surface area contributed by atoms with Crippen molar-refractivity contribution < 1.29 is 22.8 Å². The maximum atomic E-state index is 13.5. The van der Waals surface area contributed by atoms with Gasteiger partial charge in [-0.2, -0.15) is 13.2 Å². The van der Waals surface area contributed by atoms with Crippen LogP contribution in [0.4, 0.5) is 35.2 Å². The number of aromatic nitrogens is 1. The van der Waals surface area contributed by atoms with Gasteiger partial charge in [-0.3, -0.25) is 9.69 Å². The smallest absolute Gasteiger partial charge is 0.382 e. The van der Waals surface area contributed by atoms with Crippen LogP contribution in [0.15, 0.2) is 60.7 Å². The summed E-state index contributed by atoms with van der Waals surface area (Å²) in [6.07, 6.45) is 1.39. The molecule has 0 fully saturated rings. The number of nitrogens with one attached hydrogen (secondary N) is 2. The summed E-state index contributed by atoms with van der Waals surface area (Å²) >= 11 is 0. The Morgan fingerprint density at radius 3 is 2.61 bits per heavy atom. The standard InChI is InChI=1S/C31H36F3N5O2/c32-31(33,34)24-10-7-9-23(21-24)27-15-16-28-29(38-27)39(19-5-4-18-36-28)30(41)37-25-11-6-8-22(20-25)13-14-26(40)12-2-1-3-17-35/h6-11,15-16,20-21,36H,1-5,12-14,17-19,35H2,(H,37,41). The molecule has 2 heterocycles. The number of hydrogen-bond acceptors (Lipinski definition) is 5. The van der Waals surface area contributed by atoms with Crippen molar-refractivity contribution in [2.75, 3.05) is 35.2 Å². The number of nitrogens with two attached hydrogens (primary N) is 1. The third kappa shape index (κ3) is 8.53. The lowest BCUT2D eigenvalue weighted by atomic mass is 10.0. The fraction of sp³-hybridized carbons (Fsp3) is 0.387. The van der Waals surface area contributed by atoms with Gasteiger partial charge in [-0.25, -0.2) is 9.78 Å². The summed E-state index contributed by atoms with van der Waals surface area (Å²) in [6, 6.07) is 15.4. The number of hydrogen-bond donors (Lipinski definition) is 3. The van der Waals surface area contributed by atoms with Crippen LogP contribution >= 0.6 is 0 Å². The van der Waals surface area contributed by atoms with Crippen molar-refractivity contribution in [2.45, 2.75) is 57.5 Å². The molecule has 0 bridgehead atoms. The van der Waals surface area contributed by atoms with Crippen LogP contribution in [0.25, 0.3) is 11.3 Å². The van der Waals surface area contributed by atoms with Crippen molar-refractivity contribution in [3.63, 3.8) is 0 Å². The summed E-state index contributed by atoms with van der Waals surface area (Å²) in [7, 11) is 0. The van der Waals surface area contributed by atoms with E-state index in [1.165, 1.54) is 11.0 Å². The van der Waals surface area contributed by atoms with Crippen molar-refractivity contribution in [3.05, 3.63) is 71.8 Å². The Morgan fingerprint density at radius 2 is 1.80 bits per heavy atom. The highest BCUT2D eigenvalue weighted by Gasteiger charge is 2.31. The lowest BCUT2D eigenvalue weighted by molar-refractivity contribution is -0.137. The van der Waals surface area contributed by atoms with Crippen LogP contribution in [0.1, 0.15) is 56.1 Å². The zero-order valence-electron chi connectivity index (χ0n) is 23.0. The largest absolute Gasteiger partial charge is 0.416 e. The van der Waals surface area contributed by atoms with E-state index in [1.807, 2.05) is 18.2 Å². The van der Waals surface area contributed by atoms with Crippen LogP contribution in [0, 0.1) is 0 Å². The molecule has 1 aliphatic heterocycles. The molecule has 2 aromatic carbocycles. The van der Waals surface area contributed by atoms with Gasteiger partial charge in [-0.1, -0.05) is 30.7 Å². The van der Waals surface area contributed by atoms with Gasteiger partial charge in [-0.05, 0) is 80.6 Å². The molecule has 10 heteroatoms. The summed E-state index contributed by atoms with van der Waals surface area (Å²) in [5.41, 5.74) is 7.56. The number of Topliss-reactive ketones (excluding diaryl/α,β-unsaturated/α-hetero) is 1. The number of nitrogens with zero attached hydrogens (tertiary/aromatic N) is 2. The minimum atomic E-state index is -4.47. The Hall–Kier alpha value is -3.92. The number of urea groups is 1. The molecular weight excluding hydrogens is 531 g/mol. The number of unbranched alkanes of at least 4 members (excludes halogenated alkanes) is 2. The Labute approximate surface area is 238 Å². The second-order valence-electron chi connectivity index (χ2n) is 10.2. The normalized spacial score (nSPS) is 13.5. The average molecular weight is 568 g/mol. The van der Waals surface area contributed by atoms with Gasteiger partial charge in [0.05, 0.1) is 16.9 Å². The van der Waals surface area contributed by atoms with Crippen LogP contribution < -0.4 is 21.3 Å². The number of pyridine rings is 1. The van der Waals surface area contributed by atoms with Gasteiger partial charge in [0.15, 0.2) is 5.82 Å². The Morgan fingerprint density at radius 1 is 0.976 bits per heavy atom.